The molecular weight excluding hydrogens is 209 g/mol. The first-order valence-electron chi connectivity index (χ1n) is 1.88. The number of halogens is 6. The van der Waals surface area contributed by atoms with Gasteiger partial charge in [-0.05, 0) is 0 Å². The Kier molecular flexibility index (Phi) is 4.24. The Morgan fingerprint density at radius 2 is 0.917 bits per heavy atom. The first kappa shape index (κ1) is 14.6. The Morgan fingerprint density at radius 1 is 0.750 bits per heavy atom. The van der Waals surface area contributed by atoms with Gasteiger partial charge < -0.3 is 0 Å². The summed E-state index contributed by atoms with van der Waals surface area (Å²) in [6, 6.07) is 0. The molecule has 0 rings (SSSR count). The van der Waals surface area contributed by atoms with Gasteiger partial charge >= 0.3 is 39.7 Å². The summed E-state index contributed by atoms with van der Waals surface area (Å²) in [4.78, 5) is 0. The molecule has 0 aromatic rings. The van der Waals surface area contributed by atoms with E-state index in [1.807, 2.05) is 0 Å². The van der Waals surface area contributed by atoms with Gasteiger partial charge in [0.05, 0.1) is 0 Å². The molecule has 0 aliphatic heterocycles. The summed E-state index contributed by atoms with van der Waals surface area (Å²) in [6.07, 6.45) is 0. The van der Waals surface area contributed by atoms with Crippen molar-refractivity contribution in [3.8, 4) is 0 Å². The Hall–Kier alpha value is 0.127. The van der Waals surface area contributed by atoms with Crippen molar-refractivity contribution < 1.29 is 34.8 Å². The topological polar surface area (TPSA) is 34.1 Å². The molecule has 0 fully saturated rings. The zero-order valence-electron chi connectivity index (χ0n) is 4.49. The second-order valence-corrected chi connectivity index (χ2v) is 3.33. The first-order valence-corrected chi connectivity index (χ1v) is 3.36. The summed E-state index contributed by atoms with van der Waals surface area (Å²) in [6.45, 7) is 0. The summed E-state index contributed by atoms with van der Waals surface area (Å²) in [5.74, 6) is 0. The number of sulfone groups is 1. The van der Waals surface area contributed by atoms with E-state index in [2.05, 4.69) is 0 Å². The Bertz CT molecular complexity index is 215. The third-order valence-corrected chi connectivity index (χ3v) is 1.83. The van der Waals surface area contributed by atoms with E-state index >= 15 is 0 Å². The van der Waals surface area contributed by atoms with E-state index in [9.17, 15) is 34.8 Å². The zero-order valence-corrected chi connectivity index (χ0v) is 5.31. The average Bonchev–Trinajstić information content (AvgIpc) is 1.58. The molecule has 0 unspecified atom stereocenters. The molecule has 0 bridgehead atoms. The zero-order chi connectivity index (χ0) is 9.50. The molecular formula is C2HF6LiO2S. The molecule has 0 aromatic carbocycles. The van der Waals surface area contributed by atoms with Gasteiger partial charge in [-0.15, -0.1) is 0 Å². The standard InChI is InChI=1S/C2F6O2S.Li.H/c3-1(4,5)11(9,10)2(6,7)8;;. The van der Waals surface area contributed by atoms with Gasteiger partial charge in [-0.3, -0.25) is 0 Å². The van der Waals surface area contributed by atoms with Gasteiger partial charge in [0.25, 0.3) is 0 Å². The monoisotopic (exact) mass is 210 g/mol. The summed E-state index contributed by atoms with van der Waals surface area (Å²) < 4.78 is 85.0. The fraction of sp³-hybridized carbons (Fsp3) is 1.00. The van der Waals surface area contributed by atoms with Crippen LogP contribution in [0.1, 0.15) is 0 Å². The Labute approximate surface area is 75.0 Å². The molecule has 10 heteroatoms. The Balaban J connectivity index is 0. The normalized spacial score (nSPS) is 13.8. The van der Waals surface area contributed by atoms with E-state index in [1.54, 1.807) is 0 Å². The van der Waals surface area contributed by atoms with Crippen LogP contribution in [-0.4, -0.2) is 38.3 Å². The number of rotatable bonds is 0. The molecule has 0 aliphatic carbocycles. The van der Waals surface area contributed by atoms with Crippen molar-refractivity contribution in [2.45, 2.75) is 11.0 Å². The van der Waals surface area contributed by atoms with E-state index in [1.165, 1.54) is 0 Å². The van der Waals surface area contributed by atoms with E-state index in [-0.39, 0.29) is 18.9 Å². The molecule has 0 saturated heterocycles. The van der Waals surface area contributed by atoms with Crippen LogP contribution >= 0.6 is 0 Å². The Morgan fingerprint density at radius 3 is 0.917 bits per heavy atom. The van der Waals surface area contributed by atoms with Gasteiger partial charge in [-0.25, -0.2) is 8.42 Å². The second-order valence-electron chi connectivity index (χ2n) is 1.39. The minimum atomic E-state index is -7.01. The van der Waals surface area contributed by atoms with Gasteiger partial charge in [-0.2, -0.15) is 26.3 Å². The van der Waals surface area contributed by atoms with Crippen molar-refractivity contribution in [1.82, 2.24) is 0 Å². The van der Waals surface area contributed by atoms with Crippen LogP contribution in [-0.2, 0) is 9.84 Å². The predicted octanol–water partition coefficient (Wildman–Crippen LogP) is 0.792. The van der Waals surface area contributed by atoms with Crippen LogP contribution in [0.15, 0.2) is 0 Å². The average molecular weight is 210 g/mol. The molecule has 0 saturated carbocycles. The van der Waals surface area contributed by atoms with Crippen LogP contribution < -0.4 is 0 Å². The number of hydrogen-bond acceptors (Lipinski definition) is 2. The summed E-state index contributed by atoms with van der Waals surface area (Å²) in [7, 11) is -7.01. The molecule has 0 heterocycles. The first-order chi connectivity index (χ1) is 4.50. The van der Waals surface area contributed by atoms with Crippen LogP contribution in [0.25, 0.3) is 0 Å². The molecule has 12 heavy (non-hydrogen) atoms. The third-order valence-electron chi connectivity index (χ3n) is 0.609. The summed E-state index contributed by atoms with van der Waals surface area (Å²) >= 11 is 0. The van der Waals surface area contributed by atoms with E-state index in [0.29, 0.717) is 0 Å². The molecule has 0 aromatic heterocycles. The third kappa shape index (κ3) is 2.57. The van der Waals surface area contributed by atoms with Crippen molar-refractivity contribution in [3.63, 3.8) is 0 Å². The molecule has 0 aliphatic rings. The quantitative estimate of drug-likeness (QED) is 0.437. The van der Waals surface area contributed by atoms with Crippen molar-refractivity contribution in [2.24, 2.45) is 0 Å². The van der Waals surface area contributed by atoms with Crippen LogP contribution in [0.5, 0.6) is 0 Å². The van der Waals surface area contributed by atoms with Gasteiger partial charge in [0.1, 0.15) is 0 Å². The van der Waals surface area contributed by atoms with E-state index in [4.69, 9.17) is 0 Å². The maximum absolute atomic E-state index is 11.0. The fourth-order valence-electron chi connectivity index (χ4n) is 0.131. The van der Waals surface area contributed by atoms with Crippen LogP contribution in [0, 0.1) is 0 Å². The van der Waals surface area contributed by atoms with Gasteiger partial charge in [-0.1, -0.05) is 0 Å². The minimum absolute atomic E-state index is 0. The molecule has 2 nitrogen and oxygen atoms in total. The number of alkyl halides is 6. The fourth-order valence-corrected chi connectivity index (χ4v) is 0.394. The molecule has 0 spiro atoms. The van der Waals surface area contributed by atoms with Gasteiger partial charge in [0, 0.05) is 0 Å². The molecule has 70 valence electrons. The van der Waals surface area contributed by atoms with Crippen molar-refractivity contribution in [3.05, 3.63) is 0 Å². The second kappa shape index (κ2) is 3.47. The maximum atomic E-state index is 11.0. The number of hydrogen-bond donors (Lipinski definition) is 0. The molecule has 0 atom stereocenters. The van der Waals surface area contributed by atoms with Crippen LogP contribution in [0.3, 0.4) is 0 Å². The van der Waals surface area contributed by atoms with Crippen LogP contribution in [0.2, 0.25) is 0 Å². The van der Waals surface area contributed by atoms with Crippen molar-refractivity contribution >= 4 is 28.7 Å². The summed E-state index contributed by atoms with van der Waals surface area (Å²) in [5.41, 5.74) is -12.5. The van der Waals surface area contributed by atoms with Crippen molar-refractivity contribution in [2.75, 3.05) is 0 Å². The molecule has 0 amide bonds. The SMILES string of the molecule is O=S(=O)(C(F)(F)F)C(F)(F)F.[LiH]. The van der Waals surface area contributed by atoms with Gasteiger partial charge in [0.2, 0.25) is 0 Å². The van der Waals surface area contributed by atoms with Crippen molar-refractivity contribution in [1.29, 1.82) is 0 Å². The van der Waals surface area contributed by atoms with Crippen LogP contribution in [0.4, 0.5) is 26.3 Å². The van der Waals surface area contributed by atoms with E-state index < -0.39 is 20.9 Å². The van der Waals surface area contributed by atoms with Gasteiger partial charge in [0.15, 0.2) is 0 Å². The summed E-state index contributed by atoms with van der Waals surface area (Å²) in [5, 5.41) is 0. The molecule has 0 N–H and O–H groups in total. The molecule has 0 radical (unpaired) electrons. The predicted molar refractivity (Wildman–Crippen MR) is 28.2 cm³/mol. The van der Waals surface area contributed by atoms with E-state index in [0.717, 1.165) is 0 Å².